The summed E-state index contributed by atoms with van der Waals surface area (Å²) in [5.41, 5.74) is 0.584. The van der Waals surface area contributed by atoms with E-state index in [1.54, 1.807) is 42.5 Å². The summed E-state index contributed by atoms with van der Waals surface area (Å²) in [6.45, 7) is 1.30. The van der Waals surface area contributed by atoms with Crippen LogP contribution in [0.2, 0.25) is 0 Å². The van der Waals surface area contributed by atoms with Gasteiger partial charge >= 0.3 is 0 Å². The quantitative estimate of drug-likeness (QED) is 0.656. The van der Waals surface area contributed by atoms with Gasteiger partial charge in [-0.15, -0.1) is 0 Å². The van der Waals surface area contributed by atoms with Gasteiger partial charge in [-0.25, -0.2) is 4.39 Å². The Balaban J connectivity index is 2.25. The van der Waals surface area contributed by atoms with Crippen LogP contribution in [0.5, 0.6) is 0 Å². The Labute approximate surface area is 122 Å². The minimum absolute atomic E-state index is 0.153. The summed E-state index contributed by atoms with van der Waals surface area (Å²) in [6.07, 6.45) is -1.03. The molecule has 0 saturated heterocycles. The lowest BCUT2D eigenvalue weighted by Crippen LogP contribution is -2.45. The van der Waals surface area contributed by atoms with Crippen LogP contribution >= 0.6 is 0 Å². The Bertz CT molecular complexity index is 644. The van der Waals surface area contributed by atoms with Gasteiger partial charge in [0.15, 0.2) is 6.17 Å². The van der Waals surface area contributed by atoms with E-state index in [1.165, 1.54) is 19.1 Å². The molecule has 2 aromatic rings. The lowest BCUT2D eigenvalue weighted by atomic mass is 10.1. The third-order valence-electron chi connectivity index (χ3n) is 2.84. The zero-order valence-corrected chi connectivity index (χ0v) is 11.5. The number of rotatable bonds is 5. The van der Waals surface area contributed by atoms with Crippen molar-refractivity contribution in [1.82, 2.24) is 5.32 Å². The number of amides is 1. The van der Waals surface area contributed by atoms with Crippen molar-refractivity contribution in [3.05, 3.63) is 66.0 Å². The minimum atomic E-state index is -1.03. The first-order chi connectivity index (χ1) is 10.1. The molecule has 0 aliphatic heterocycles. The van der Waals surface area contributed by atoms with Gasteiger partial charge in [0.05, 0.1) is 5.69 Å². The molecule has 108 valence electrons. The molecule has 0 spiro atoms. The van der Waals surface area contributed by atoms with Crippen molar-refractivity contribution >= 4 is 17.4 Å². The third-order valence-corrected chi connectivity index (χ3v) is 2.84. The summed E-state index contributed by atoms with van der Waals surface area (Å²) in [5, 5.41) is 5.21. The highest BCUT2D eigenvalue weighted by molar-refractivity contribution is 6.03. The second-order valence-electron chi connectivity index (χ2n) is 4.49. The first kappa shape index (κ1) is 14.7. The molecule has 5 heteroatoms. The van der Waals surface area contributed by atoms with E-state index in [-0.39, 0.29) is 17.4 Å². The summed E-state index contributed by atoms with van der Waals surface area (Å²) >= 11 is 0. The van der Waals surface area contributed by atoms with Gasteiger partial charge in [0.25, 0.3) is 0 Å². The molecule has 0 saturated carbocycles. The molecule has 21 heavy (non-hydrogen) atoms. The summed E-state index contributed by atoms with van der Waals surface area (Å²) < 4.78 is 13.7. The predicted octanol–water partition coefficient (Wildman–Crippen LogP) is 2.58. The van der Waals surface area contributed by atoms with Crippen LogP contribution in [-0.2, 0) is 4.79 Å². The van der Waals surface area contributed by atoms with E-state index >= 15 is 0 Å². The van der Waals surface area contributed by atoms with Crippen LogP contribution in [0.4, 0.5) is 10.1 Å². The Hall–Kier alpha value is -2.69. The van der Waals surface area contributed by atoms with Gasteiger partial charge in [-0.2, -0.15) is 0 Å². The summed E-state index contributed by atoms with van der Waals surface area (Å²) in [5.74, 6) is -1.21. The summed E-state index contributed by atoms with van der Waals surface area (Å²) in [7, 11) is 0. The molecule has 0 aliphatic carbocycles. The molecule has 0 aliphatic rings. The molecule has 0 heterocycles. The minimum Gasteiger partial charge on any atom is -0.356 e. The first-order valence-corrected chi connectivity index (χ1v) is 6.45. The smallest absolute Gasteiger partial charge is 0.218 e. The van der Waals surface area contributed by atoms with E-state index in [0.29, 0.717) is 5.56 Å². The fraction of sp³-hybridized carbons (Fsp3) is 0.125. The Morgan fingerprint density at radius 3 is 2.24 bits per heavy atom. The van der Waals surface area contributed by atoms with Crippen LogP contribution in [0.3, 0.4) is 0 Å². The van der Waals surface area contributed by atoms with Crippen LogP contribution in [0.15, 0.2) is 54.6 Å². The van der Waals surface area contributed by atoms with E-state index in [9.17, 15) is 14.0 Å². The molecular formula is C16H15FN2O2. The van der Waals surface area contributed by atoms with E-state index in [1.807, 2.05) is 0 Å². The van der Waals surface area contributed by atoms with Crippen molar-refractivity contribution in [2.75, 3.05) is 5.32 Å². The van der Waals surface area contributed by atoms with Crippen molar-refractivity contribution in [1.29, 1.82) is 0 Å². The second kappa shape index (κ2) is 6.65. The highest BCUT2D eigenvalue weighted by Gasteiger charge is 2.21. The number of carbonyl (C=O) groups is 2. The topological polar surface area (TPSA) is 58.2 Å². The van der Waals surface area contributed by atoms with E-state index in [4.69, 9.17) is 0 Å². The molecule has 2 rings (SSSR count). The number of Topliss-reactive ketones (excluding diaryl/α,β-unsaturated/α-hetero) is 1. The fourth-order valence-corrected chi connectivity index (χ4v) is 1.87. The molecule has 0 radical (unpaired) electrons. The van der Waals surface area contributed by atoms with Crippen LogP contribution in [0, 0.1) is 5.82 Å². The second-order valence-corrected chi connectivity index (χ2v) is 4.49. The van der Waals surface area contributed by atoms with Crippen molar-refractivity contribution in [3.8, 4) is 0 Å². The van der Waals surface area contributed by atoms with Gasteiger partial charge in [0.2, 0.25) is 11.7 Å². The van der Waals surface area contributed by atoms with Gasteiger partial charge in [-0.05, 0) is 12.1 Å². The van der Waals surface area contributed by atoms with Gasteiger partial charge < -0.3 is 10.6 Å². The molecule has 1 atom stereocenters. The van der Waals surface area contributed by atoms with Crippen LogP contribution in [-0.4, -0.2) is 17.9 Å². The van der Waals surface area contributed by atoms with E-state index in [2.05, 4.69) is 10.6 Å². The first-order valence-electron chi connectivity index (χ1n) is 6.45. The molecule has 0 bridgehead atoms. The van der Waals surface area contributed by atoms with Crippen molar-refractivity contribution in [2.24, 2.45) is 0 Å². The van der Waals surface area contributed by atoms with Gasteiger partial charge in [0, 0.05) is 12.5 Å². The summed E-state index contributed by atoms with van der Waals surface area (Å²) in [6, 6.07) is 14.5. The Morgan fingerprint density at radius 1 is 1.00 bits per heavy atom. The molecule has 4 nitrogen and oxygen atoms in total. The molecule has 2 aromatic carbocycles. The maximum Gasteiger partial charge on any atom is 0.218 e. The number of carbonyl (C=O) groups excluding carboxylic acids is 2. The lowest BCUT2D eigenvalue weighted by Gasteiger charge is -2.19. The SMILES string of the molecule is CC(=O)N[C@@H](Nc1ccccc1F)C(=O)c1ccccc1. The number of anilines is 1. The Kier molecular flexibility index (Phi) is 4.66. The number of nitrogens with one attached hydrogen (secondary N) is 2. The third kappa shape index (κ3) is 3.89. The number of para-hydroxylation sites is 1. The number of ketones is 1. The molecule has 0 aromatic heterocycles. The average Bonchev–Trinajstić information content (AvgIpc) is 2.48. The summed E-state index contributed by atoms with van der Waals surface area (Å²) in [4.78, 5) is 23.7. The highest BCUT2D eigenvalue weighted by atomic mass is 19.1. The molecular weight excluding hydrogens is 271 g/mol. The standard InChI is InChI=1S/C16H15FN2O2/c1-11(20)18-16(15(21)12-7-3-2-4-8-12)19-14-10-6-5-9-13(14)17/h2-10,16,19H,1H3,(H,18,20)/t16-/m0/s1. The molecule has 0 unspecified atom stereocenters. The number of benzene rings is 2. The van der Waals surface area contributed by atoms with Gasteiger partial charge in [0.1, 0.15) is 5.82 Å². The highest BCUT2D eigenvalue weighted by Crippen LogP contribution is 2.14. The number of halogens is 1. The van der Waals surface area contributed by atoms with Crippen molar-refractivity contribution in [2.45, 2.75) is 13.1 Å². The van der Waals surface area contributed by atoms with Crippen LogP contribution in [0.1, 0.15) is 17.3 Å². The lowest BCUT2D eigenvalue weighted by molar-refractivity contribution is -0.119. The monoisotopic (exact) mass is 286 g/mol. The van der Waals surface area contributed by atoms with Crippen LogP contribution in [0.25, 0.3) is 0 Å². The van der Waals surface area contributed by atoms with Crippen molar-refractivity contribution < 1.29 is 14.0 Å². The van der Waals surface area contributed by atoms with E-state index in [0.717, 1.165) is 0 Å². The number of hydrogen-bond acceptors (Lipinski definition) is 3. The van der Waals surface area contributed by atoms with Crippen LogP contribution < -0.4 is 10.6 Å². The molecule has 1 amide bonds. The van der Waals surface area contributed by atoms with Gasteiger partial charge in [-0.3, -0.25) is 9.59 Å². The maximum atomic E-state index is 13.7. The fourth-order valence-electron chi connectivity index (χ4n) is 1.87. The molecule has 0 fully saturated rings. The van der Waals surface area contributed by atoms with Gasteiger partial charge in [-0.1, -0.05) is 42.5 Å². The molecule has 2 N–H and O–H groups in total. The normalized spacial score (nSPS) is 11.5. The average molecular weight is 286 g/mol. The van der Waals surface area contributed by atoms with E-state index < -0.39 is 12.0 Å². The largest absolute Gasteiger partial charge is 0.356 e. The zero-order chi connectivity index (χ0) is 15.2. The maximum absolute atomic E-state index is 13.7. The Morgan fingerprint density at radius 2 is 1.62 bits per heavy atom. The zero-order valence-electron chi connectivity index (χ0n) is 11.5. The number of hydrogen-bond donors (Lipinski definition) is 2. The van der Waals surface area contributed by atoms with Crippen molar-refractivity contribution in [3.63, 3.8) is 0 Å². The predicted molar refractivity (Wildman–Crippen MR) is 78.4 cm³/mol.